The summed E-state index contributed by atoms with van der Waals surface area (Å²) in [6.45, 7) is 1.64. The van der Waals surface area contributed by atoms with Crippen molar-refractivity contribution in [3.8, 4) is 0 Å². The monoisotopic (exact) mass is 373 g/mol. The van der Waals surface area contributed by atoms with E-state index in [0.29, 0.717) is 27.5 Å². The van der Waals surface area contributed by atoms with Crippen LogP contribution in [-0.2, 0) is 0 Å². The van der Waals surface area contributed by atoms with Crippen LogP contribution in [0.1, 0.15) is 6.92 Å². The van der Waals surface area contributed by atoms with Crippen LogP contribution in [0.3, 0.4) is 0 Å². The van der Waals surface area contributed by atoms with E-state index in [0.717, 1.165) is 5.39 Å². The lowest BCUT2D eigenvalue weighted by Gasteiger charge is -2.10. The van der Waals surface area contributed by atoms with E-state index in [1.807, 2.05) is 12.1 Å². The van der Waals surface area contributed by atoms with Crippen LogP contribution in [0.15, 0.2) is 70.3 Å². The first kappa shape index (κ1) is 17.4. The number of hydrazine groups is 1. The molecule has 0 aromatic heterocycles. The van der Waals surface area contributed by atoms with Gasteiger partial charge in [0.05, 0.1) is 15.8 Å². The van der Waals surface area contributed by atoms with E-state index in [-0.39, 0.29) is 21.8 Å². The molecule has 7 nitrogen and oxygen atoms in total. The largest absolute Gasteiger partial charge is 0.304 e. The normalized spacial score (nSPS) is 10.9. The van der Waals surface area contributed by atoms with Crippen LogP contribution in [0.4, 0.5) is 11.4 Å². The molecule has 0 radical (unpaired) electrons. The first-order valence-electron chi connectivity index (χ1n) is 8.56. The van der Waals surface area contributed by atoms with Gasteiger partial charge in [-0.25, -0.2) is 0 Å². The molecule has 0 heterocycles. The predicted molar refractivity (Wildman–Crippen MR) is 109 cm³/mol. The number of nitro benzene ring substituents is 1. The third kappa shape index (κ3) is 2.79. The number of nitro groups is 1. The molecule has 7 heteroatoms. The molecule has 0 saturated carbocycles. The van der Waals surface area contributed by atoms with Crippen molar-refractivity contribution in [1.29, 1.82) is 0 Å². The molecule has 0 aliphatic rings. The number of hydrogen-bond donors (Lipinski definition) is 2. The van der Waals surface area contributed by atoms with Gasteiger partial charge in [0.2, 0.25) is 0 Å². The van der Waals surface area contributed by atoms with Gasteiger partial charge < -0.3 is 10.9 Å². The molecule has 0 unspecified atom stereocenters. The molecule has 0 amide bonds. The minimum absolute atomic E-state index is 0.0250. The van der Waals surface area contributed by atoms with Crippen LogP contribution in [0.5, 0.6) is 0 Å². The highest BCUT2D eigenvalue weighted by Crippen LogP contribution is 2.21. The second-order valence-corrected chi connectivity index (χ2v) is 6.42. The Hall–Kier alpha value is -4.00. The Balaban J connectivity index is 1.81. The molecule has 0 atom stereocenters. The molecule has 0 aliphatic carbocycles. The molecule has 0 aliphatic heterocycles. The lowest BCUT2D eigenvalue weighted by atomic mass is 9.98. The highest BCUT2D eigenvalue weighted by molar-refractivity contribution is 6.09. The molecule has 0 saturated heterocycles. The van der Waals surface area contributed by atoms with E-state index >= 15 is 0 Å². The number of hydrogen-bond acceptors (Lipinski definition) is 6. The van der Waals surface area contributed by atoms with E-state index in [9.17, 15) is 19.7 Å². The highest BCUT2D eigenvalue weighted by Gasteiger charge is 2.12. The summed E-state index contributed by atoms with van der Waals surface area (Å²) in [6, 6.07) is 16.6. The summed E-state index contributed by atoms with van der Waals surface area (Å²) < 4.78 is 0. The molecule has 138 valence electrons. The molecule has 4 aromatic rings. The van der Waals surface area contributed by atoms with Gasteiger partial charge in [0.25, 0.3) is 5.69 Å². The fraction of sp³-hybridized carbons (Fsp3) is 0.0476. The Morgan fingerprint density at radius 1 is 0.893 bits per heavy atom. The second kappa shape index (κ2) is 6.62. The van der Waals surface area contributed by atoms with Gasteiger partial charge in [-0.15, -0.1) is 0 Å². The van der Waals surface area contributed by atoms with Crippen LogP contribution in [0.2, 0.25) is 0 Å². The van der Waals surface area contributed by atoms with Crippen LogP contribution in [0.25, 0.3) is 27.2 Å². The third-order valence-corrected chi connectivity index (χ3v) is 4.70. The minimum Gasteiger partial charge on any atom is -0.304 e. The van der Waals surface area contributed by atoms with Crippen molar-refractivity contribution in [1.82, 2.24) is 5.43 Å². The summed E-state index contributed by atoms with van der Waals surface area (Å²) >= 11 is 0. The Kier molecular flexibility index (Phi) is 4.12. The summed E-state index contributed by atoms with van der Waals surface area (Å²) in [5.74, 6) is 0. The first-order valence-corrected chi connectivity index (χ1v) is 8.56. The standard InChI is InChI=1S/C21H15N3O4/c1-12(22-23-14-8-10-15(11-9-14)24(27)28)18-20(25)16-6-2-4-13-5-3-7-17(19(13)16)21(18)26/h2-11,22-23H,1H3. The van der Waals surface area contributed by atoms with Crippen molar-refractivity contribution in [2.75, 3.05) is 5.43 Å². The maximum Gasteiger partial charge on any atom is 0.269 e. The summed E-state index contributed by atoms with van der Waals surface area (Å²) in [5.41, 5.74) is 5.97. The highest BCUT2D eigenvalue weighted by atomic mass is 16.6. The van der Waals surface area contributed by atoms with Crippen molar-refractivity contribution < 1.29 is 4.92 Å². The zero-order valence-electron chi connectivity index (χ0n) is 14.9. The van der Waals surface area contributed by atoms with Gasteiger partial charge in [0.15, 0.2) is 10.9 Å². The van der Waals surface area contributed by atoms with Crippen LogP contribution < -0.4 is 26.9 Å². The number of non-ortho nitro benzene ring substituents is 1. The molecular formula is C21H15N3O4. The molecule has 28 heavy (non-hydrogen) atoms. The van der Waals surface area contributed by atoms with Crippen LogP contribution in [-0.4, -0.2) is 4.92 Å². The van der Waals surface area contributed by atoms with Crippen molar-refractivity contribution >= 4 is 38.6 Å². The van der Waals surface area contributed by atoms with Gasteiger partial charge in [-0.3, -0.25) is 19.7 Å². The topological polar surface area (TPSA) is 101 Å². The maximum absolute atomic E-state index is 13.0. The summed E-state index contributed by atoms with van der Waals surface area (Å²) in [6.07, 6.45) is 0. The van der Waals surface area contributed by atoms with Crippen molar-refractivity contribution in [2.24, 2.45) is 0 Å². The third-order valence-electron chi connectivity index (χ3n) is 4.70. The fourth-order valence-corrected chi connectivity index (χ4v) is 3.33. The Morgan fingerprint density at radius 2 is 1.46 bits per heavy atom. The lowest BCUT2D eigenvalue weighted by Crippen LogP contribution is -2.43. The van der Waals surface area contributed by atoms with Gasteiger partial charge in [-0.2, -0.15) is 0 Å². The summed E-state index contributed by atoms with van der Waals surface area (Å²) in [5, 5.41) is 13.3. The summed E-state index contributed by atoms with van der Waals surface area (Å²) in [7, 11) is 0. The predicted octanol–water partition coefficient (Wildman–Crippen LogP) is 2.52. The van der Waals surface area contributed by atoms with Crippen molar-refractivity contribution in [3.05, 3.63) is 96.4 Å². The van der Waals surface area contributed by atoms with E-state index in [4.69, 9.17) is 0 Å². The number of rotatable bonds is 4. The maximum atomic E-state index is 13.0. The van der Waals surface area contributed by atoms with Gasteiger partial charge in [-0.1, -0.05) is 36.4 Å². The average molecular weight is 373 g/mol. The van der Waals surface area contributed by atoms with Crippen LogP contribution >= 0.6 is 0 Å². The molecule has 4 aromatic carbocycles. The molecule has 0 fully saturated rings. The number of benzene rings is 4. The van der Waals surface area contributed by atoms with Crippen molar-refractivity contribution in [3.63, 3.8) is 0 Å². The fourth-order valence-electron chi connectivity index (χ4n) is 3.33. The lowest BCUT2D eigenvalue weighted by molar-refractivity contribution is -0.384. The van der Waals surface area contributed by atoms with E-state index < -0.39 is 4.92 Å². The smallest absolute Gasteiger partial charge is 0.269 e. The number of nitrogens with one attached hydrogen (secondary N) is 2. The van der Waals surface area contributed by atoms with Gasteiger partial charge in [0.1, 0.15) is 0 Å². The zero-order valence-corrected chi connectivity index (χ0v) is 14.9. The van der Waals surface area contributed by atoms with E-state index in [2.05, 4.69) is 10.9 Å². The van der Waals surface area contributed by atoms with Crippen molar-refractivity contribution in [2.45, 2.75) is 6.92 Å². The zero-order chi connectivity index (χ0) is 19.8. The SMILES string of the molecule is CC(NNc1ccc([N+](=O)[O-])cc1)=c1c(=O)c2cccc3cccc(c1=O)c32. The Morgan fingerprint density at radius 3 is 2.00 bits per heavy atom. The number of anilines is 1. The molecular weight excluding hydrogens is 358 g/mol. The molecule has 0 bridgehead atoms. The molecule has 0 spiro atoms. The average Bonchev–Trinajstić information content (AvgIpc) is 2.70. The van der Waals surface area contributed by atoms with E-state index in [1.165, 1.54) is 24.3 Å². The second-order valence-electron chi connectivity index (χ2n) is 6.42. The molecule has 2 N–H and O–H groups in total. The summed E-state index contributed by atoms with van der Waals surface area (Å²) in [4.78, 5) is 36.2. The van der Waals surface area contributed by atoms with Gasteiger partial charge in [0, 0.05) is 34.0 Å². The Labute approximate surface area is 158 Å². The van der Waals surface area contributed by atoms with Gasteiger partial charge >= 0.3 is 0 Å². The molecule has 4 rings (SSSR count). The minimum atomic E-state index is -0.484. The first-order chi connectivity index (χ1) is 13.5. The Bertz CT molecular complexity index is 1320. The van der Waals surface area contributed by atoms with Crippen LogP contribution in [0, 0.1) is 10.1 Å². The van der Waals surface area contributed by atoms with E-state index in [1.54, 1.807) is 31.2 Å². The van der Waals surface area contributed by atoms with Gasteiger partial charge in [-0.05, 0) is 24.4 Å². The quantitative estimate of drug-likeness (QED) is 0.421. The number of nitrogens with zero attached hydrogens (tertiary/aromatic N) is 1.